The molecule has 13 heavy (non-hydrogen) atoms. The second kappa shape index (κ2) is 4.11. The topological polar surface area (TPSA) is 37.8 Å². The van der Waals surface area contributed by atoms with Crippen molar-refractivity contribution < 1.29 is 0 Å². The zero-order valence-electron chi connectivity index (χ0n) is 7.19. The van der Waals surface area contributed by atoms with E-state index in [1.165, 1.54) is 12.8 Å². The van der Waals surface area contributed by atoms with Gasteiger partial charge in [0.25, 0.3) is 0 Å². The van der Waals surface area contributed by atoms with Gasteiger partial charge in [-0.15, -0.1) is 16.8 Å². The predicted molar refractivity (Wildman–Crippen MR) is 57.5 cm³/mol. The van der Waals surface area contributed by atoms with Crippen LogP contribution in [0.25, 0.3) is 0 Å². The van der Waals surface area contributed by atoms with Gasteiger partial charge in [-0.05, 0) is 12.8 Å². The second-order valence-corrected chi connectivity index (χ2v) is 5.14. The largest absolute Gasteiger partial charge is 0.357 e. The van der Waals surface area contributed by atoms with Crippen molar-refractivity contribution in [3.8, 4) is 0 Å². The Morgan fingerprint density at radius 2 is 2.46 bits per heavy atom. The Labute approximate surface area is 85.6 Å². The van der Waals surface area contributed by atoms with E-state index in [-0.39, 0.29) is 0 Å². The lowest BCUT2D eigenvalue weighted by atomic mass is 10.7. The van der Waals surface area contributed by atoms with Gasteiger partial charge in [-0.1, -0.05) is 29.2 Å². The second-order valence-electron chi connectivity index (χ2n) is 2.89. The summed E-state index contributed by atoms with van der Waals surface area (Å²) in [6.45, 7) is 3.66. The number of thioether (sulfide) groups is 1. The zero-order chi connectivity index (χ0) is 9.10. The molecular weight excluding hydrogens is 202 g/mol. The first-order valence-electron chi connectivity index (χ1n) is 4.22. The average Bonchev–Trinajstić information content (AvgIpc) is 2.81. The highest BCUT2D eigenvalue weighted by Gasteiger charge is 2.22. The lowest BCUT2D eigenvalue weighted by molar-refractivity contribution is 0.995. The van der Waals surface area contributed by atoms with Crippen molar-refractivity contribution in [3.63, 3.8) is 0 Å². The first-order valence-corrected chi connectivity index (χ1v) is 6.02. The van der Waals surface area contributed by atoms with E-state index >= 15 is 0 Å². The molecule has 1 aromatic rings. The highest BCUT2D eigenvalue weighted by atomic mass is 32.2. The minimum atomic E-state index is 0.658. The third kappa shape index (κ3) is 2.70. The molecule has 70 valence electrons. The molecule has 0 amide bonds. The molecule has 0 aliphatic heterocycles. The minimum Gasteiger partial charge on any atom is -0.357 e. The van der Waals surface area contributed by atoms with Gasteiger partial charge in [0.15, 0.2) is 4.34 Å². The molecule has 0 aromatic carbocycles. The maximum atomic E-state index is 4.06. The van der Waals surface area contributed by atoms with Gasteiger partial charge in [-0.3, -0.25) is 0 Å². The molecule has 1 heterocycles. The van der Waals surface area contributed by atoms with Crippen LogP contribution in [0.2, 0.25) is 0 Å². The fourth-order valence-corrected chi connectivity index (χ4v) is 2.45. The normalized spacial score (nSPS) is 15.7. The summed E-state index contributed by atoms with van der Waals surface area (Å²) in [4.78, 5) is 0. The van der Waals surface area contributed by atoms with E-state index in [4.69, 9.17) is 0 Å². The Balaban J connectivity index is 1.88. The molecule has 0 saturated heterocycles. The molecule has 0 spiro atoms. The molecule has 1 aromatic heterocycles. The van der Waals surface area contributed by atoms with Crippen LogP contribution < -0.4 is 5.32 Å². The summed E-state index contributed by atoms with van der Waals surface area (Å²) in [7, 11) is 0. The molecule has 1 saturated carbocycles. The number of aromatic nitrogens is 2. The first kappa shape index (κ1) is 9.02. The Morgan fingerprint density at radius 3 is 3.15 bits per heavy atom. The summed E-state index contributed by atoms with van der Waals surface area (Å²) < 4.78 is 1.02. The molecule has 2 rings (SSSR count). The Hall–Kier alpha value is -0.550. The van der Waals surface area contributed by atoms with Crippen LogP contribution in [0.3, 0.4) is 0 Å². The van der Waals surface area contributed by atoms with Crippen LogP contribution in [0.5, 0.6) is 0 Å². The van der Waals surface area contributed by atoms with Crippen molar-refractivity contribution >= 4 is 28.2 Å². The van der Waals surface area contributed by atoms with Crippen LogP contribution in [0, 0.1) is 0 Å². The van der Waals surface area contributed by atoms with E-state index in [1.54, 1.807) is 23.1 Å². The summed E-state index contributed by atoms with van der Waals surface area (Å²) in [6, 6.07) is 0.658. The first-order chi connectivity index (χ1) is 6.38. The highest BCUT2D eigenvalue weighted by Crippen LogP contribution is 2.29. The van der Waals surface area contributed by atoms with Gasteiger partial charge < -0.3 is 5.32 Å². The number of hydrogen-bond donors (Lipinski definition) is 1. The van der Waals surface area contributed by atoms with E-state index in [2.05, 4.69) is 22.1 Å². The monoisotopic (exact) mass is 213 g/mol. The Bertz CT molecular complexity index is 293. The SMILES string of the molecule is C=CCSc1nnc(NC2CC2)s1. The summed E-state index contributed by atoms with van der Waals surface area (Å²) >= 11 is 3.30. The van der Waals surface area contributed by atoms with Crippen LogP contribution in [-0.4, -0.2) is 22.0 Å². The molecule has 1 aliphatic carbocycles. The Kier molecular flexibility index (Phi) is 2.85. The lowest BCUT2D eigenvalue weighted by Crippen LogP contribution is -1.99. The van der Waals surface area contributed by atoms with Gasteiger partial charge in [-0.2, -0.15) is 0 Å². The maximum Gasteiger partial charge on any atom is 0.206 e. The van der Waals surface area contributed by atoms with Crippen molar-refractivity contribution in [3.05, 3.63) is 12.7 Å². The molecule has 0 atom stereocenters. The van der Waals surface area contributed by atoms with Crippen molar-refractivity contribution in [1.29, 1.82) is 0 Å². The molecule has 0 unspecified atom stereocenters. The van der Waals surface area contributed by atoms with Gasteiger partial charge in [0.2, 0.25) is 5.13 Å². The van der Waals surface area contributed by atoms with Crippen molar-refractivity contribution in [2.75, 3.05) is 11.1 Å². The maximum absolute atomic E-state index is 4.06. The van der Waals surface area contributed by atoms with E-state index < -0.39 is 0 Å². The van der Waals surface area contributed by atoms with Crippen LogP contribution in [-0.2, 0) is 0 Å². The summed E-state index contributed by atoms with van der Waals surface area (Å²) in [6.07, 6.45) is 4.42. The van der Waals surface area contributed by atoms with E-state index in [1.807, 2.05) is 6.08 Å². The van der Waals surface area contributed by atoms with Crippen molar-refractivity contribution in [2.24, 2.45) is 0 Å². The minimum absolute atomic E-state index is 0.658. The molecule has 1 aliphatic rings. The lowest BCUT2D eigenvalue weighted by Gasteiger charge is -1.93. The summed E-state index contributed by atoms with van der Waals surface area (Å²) in [5.41, 5.74) is 0. The summed E-state index contributed by atoms with van der Waals surface area (Å²) in [5, 5.41) is 12.4. The molecule has 1 fully saturated rings. The zero-order valence-corrected chi connectivity index (χ0v) is 8.83. The van der Waals surface area contributed by atoms with Crippen LogP contribution >= 0.6 is 23.1 Å². The van der Waals surface area contributed by atoms with E-state index in [0.29, 0.717) is 6.04 Å². The standard InChI is InChI=1S/C8H11N3S2/c1-2-5-12-8-11-10-7(13-8)9-6-3-4-6/h2,6H,1,3-5H2,(H,9,10). The third-order valence-corrected chi connectivity index (χ3v) is 3.62. The molecule has 1 N–H and O–H groups in total. The fraction of sp³-hybridized carbons (Fsp3) is 0.500. The van der Waals surface area contributed by atoms with E-state index in [9.17, 15) is 0 Å². The Morgan fingerprint density at radius 1 is 1.62 bits per heavy atom. The van der Waals surface area contributed by atoms with Gasteiger partial charge in [0.05, 0.1) is 0 Å². The van der Waals surface area contributed by atoms with Crippen LogP contribution in [0.4, 0.5) is 5.13 Å². The third-order valence-electron chi connectivity index (χ3n) is 1.64. The van der Waals surface area contributed by atoms with Gasteiger partial charge in [-0.25, -0.2) is 0 Å². The van der Waals surface area contributed by atoms with Crippen molar-refractivity contribution in [2.45, 2.75) is 23.2 Å². The highest BCUT2D eigenvalue weighted by molar-refractivity contribution is 8.01. The summed E-state index contributed by atoms with van der Waals surface area (Å²) in [5.74, 6) is 0.901. The van der Waals surface area contributed by atoms with Gasteiger partial charge >= 0.3 is 0 Å². The number of anilines is 1. The molecule has 0 bridgehead atoms. The van der Waals surface area contributed by atoms with Crippen LogP contribution in [0.1, 0.15) is 12.8 Å². The van der Waals surface area contributed by atoms with Crippen LogP contribution in [0.15, 0.2) is 17.0 Å². The average molecular weight is 213 g/mol. The molecular formula is C8H11N3S2. The van der Waals surface area contributed by atoms with E-state index in [0.717, 1.165) is 15.2 Å². The molecule has 0 radical (unpaired) electrons. The molecule has 3 nitrogen and oxygen atoms in total. The van der Waals surface area contributed by atoms with Crippen molar-refractivity contribution in [1.82, 2.24) is 10.2 Å². The number of hydrogen-bond acceptors (Lipinski definition) is 5. The predicted octanol–water partition coefficient (Wildman–Crippen LogP) is 2.39. The quantitative estimate of drug-likeness (QED) is 0.602. The fourth-order valence-electron chi connectivity index (χ4n) is 0.859. The van der Waals surface area contributed by atoms with Gasteiger partial charge in [0, 0.05) is 11.8 Å². The number of nitrogens with zero attached hydrogens (tertiary/aromatic N) is 2. The smallest absolute Gasteiger partial charge is 0.206 e. The number of nitrogens with one attached hydrogen (secondary N) is 1. The van der Waals surface area contributed by atoms with Gasteiger partial charge in [0.1, 0.15) is 0 Å². The molecule has 5 heteroatoms. The number of rotatable bonds is 5.